The molecule has 1 saturated carbocycles. The van der Waals surface area contributed by atoms with Crippen molar-refractivity contribution in [3.63, 3.8) is 0 Å². The van der Waals surface area contributed by atoms with Gasteiger partial charge in [-0.3, -0.25) is 0 Å². The number of fused-ring (bicyclic) bond motifs is 1. The summed E-state index contributed by atoms with van der Waals surface area (Å²) in [5, 5.41) is 9.12. The van der Waals surface area contributed by atoms with E-state index in [1.165, 1.54) is 23.3 Å². The number of rotatable bonds is 5. The molecule has 7 heteroatoms. The fraction of sp³-hybridized carbons (Fsp3) is 0.500. The summed E-state index contributed by atoms with van der Waals surface area (Å²) in [7, 11) is 0. The van der Waals surface area contributed by atoms with Gasteiger partial charge in [0, 0.05) is 11.4 Å². The van der Waals surface area contributed by atoms with Crippen LogP contribution >= 0.6 is 11.3 Å². The first-order chi connectivity index (χ1) is 11.2. The molecule has 0 aromatic carbocycles. The van der Waals surface area contributed by atoms with Gasteiger partial charge in [0.15, 0.2) is 0 Å². The van der Waals surface area contributed by atoms with Gasteiger partial charge in [0.1, 0.15) is 29.1 Å². The van der Waals surface area contributed by atoms with Gasteiger partial charge in [0.2, 0.25) is 0 Å². The molecule has 1 aliphatic rings. The van der Waals surface area contributed by atoms with Crippen LogP contribution in [-0.4, -0.2) is 24.7 Å². The molecule has 1 aliphatic carbocycles. The molecule has 0 aliphatic heterocycles. The average molecular weight is 328 g/mol. The molecule has 3 heterocycles. The Bertz CT molecular complexity index is 847. The van der Waals surface area contributed by atoms with Crippen molar-refractivity contribution in [2.75, 3.05) is 5.32 Å². The number of nitrogens with one attached hydrogen (secondary N) is 1. The highest BCUT2D eigenvalue weighted by atomic mass is 32.1. The number of hydrogen-bond donors (Lipinski definition) is 1. The smallest absolute Gasteiger partial charge is 0.149 e. The molecule has 0 radical (unpaired) electrons. The van der Waals surface area contributed by atoms with Crippen molar-refractivity contribution in [3.8, 4) is 0 Å². The topological polar surface area (TPSA) is 68.5 Å². The van der Waals surface area contributed by atoms with Gasteiger partial charge in [-0.15, -0.1) is 11.3 Å². The van der Waals surface area contributed by atoms with Crippen LogP contribution in [0.3, 0.4) is 0 Å². The molecular formula is C16H20N6S. The Balaban J connectivity index is 1.76. The minimum atomic E-state index is 0.162. The van der Waals surface area contributed by atoms with Gasteiger partial charge in [0.05, 0.1) is 11.4 Å². The van der Waals surface area contributed by atoms with Gasteiger partial charge < -0.3 is 5.32 Å². The highest BCUT2D eigenvalue weighted by Crippen LogP contribution is 2.43. The van der Waals surface area contributed by atoms with Crippen LogP contribution in [0.15, 0.2) is 12.7 Å². The zero-order chi connectivity index (χ0) is 16.0. The molecule has 0 spiro atoms. The van der Waals surface area contributed by atoms with E-state index in [0.717, 1.165) is 28.4 Å². The van der Waals surface area contributed by atoms with Gasteiger partial charge in [-0.05, 0) is 45.1 Å². The first-order valence-electron chi connectivity index (χ1n) is 8.04. The first-order valence-corrected chi connectivity index (χ1v) is 8.85. The molecule has 4 rings (SSSR count). The molecule has 1 fully saturated rings. The van der Waals surface area contributed by atoms with Gasteiger partial charge in [-0.2, -0.15) is 5.10 Å². The Hall–Kier alpha value is -2.02. The number of thiophene rings is 1. The van der Waals surface area contributed by atoms with E-state index in [1.54, 1.807) is 24.0 Å². The summed E-state index contributed by atoms with van der Waals surface area (Å²) < 4.78 is 1.97. The van der Waals surface area contributed by atoms with Crippen molar-refractivity contribution in [1.29, 1.82) is 0 Å². The lowest BCUT2D eigenvalue weighted by Crippen LogP contribution is -2.19. The molecule has 0 saturated heterocycles. The quantitative estimate of drug-likeness (QED) is 0.776. The number of hydrogen-bond acceptors (Lipinski definition) is 6. The molecule has 120 valence electrons. The average Bonchev–Trinajstić information content (AvgIpc) is 3.21. The maximum atomic E-state index is 4.52. The lowest BCUT2D eigenvalue weighted by molar-refractivity contribution is 0.544. The lowest BCUT2D eigenvalue weighted by Gasteiger charge is -2.19. The van der Waals surface area contributed by atoms with Crippen LogP contribution < -0.4 is 5.32 Å². The lowest BCUT2D eigenvalue weighted by atomic mass is 10.1. The number of nitrogens with zero attached hydrogens (tertiary/aromatic N) is 5. The third-order valence-corrected chi connectivity index (χ3v) is 5.69. The predicted octanol–water partition coefficient (Wildman–Crippen LogP) is 3.48. The normalized spacial score (nSPS) is 16.0. The fourth-order valence-corrected chi connectivity index (χ4v) is 4.02. The van der Waals surface area contributed by atoms with E-state index in [4.69, 9.17) is 0 Å². The van der Waals surface area contributed by atoms with Crippen LogP contribution in [0, 0.1) is 19.8 Å². The first kappa shape index (κ1) is 14.6. The van der Waals surface area contributed by atoms with Crippen LogP contribution in [0.4, 0.5) is 5.82 Å². The SMILES string of the molecule is CCn1ncnc1[C@@H](Nc1ncnc2sc(C)c(C)c12)C1CC1. The summed E-state index contributed by atoms with van der Waals surface area (Å²) in [6.07, 6.45) is 5.74. The van der Waals surface area contributed by atoms with Gasteiger partial charge >= 0.3 is 0 Å². The van der Waals surface area contributed by atoms with Crippen LogP contribution in [0.5, 0.6) is 0 Å². The molecule has 6 nitrogen and oxygen atoms in total. The standard InChI is InChI=1S/C16H20N6S/c1-4-22-15(18-8-20-22)13(11-5-6-11)21-14-12-9(2)10(3)23-16(12)19-7-17-14/h7-8,11,13H,4-6H2,1-3H3,(H,17,19,21)/t13-/m0/s1. The van der Waals surface area contributed by atoms with Gasteiger partial charge in [0.25, 0.3) is 0 Å². The van der Waals surface area contributed by atoms with Crippen LogP contribution in [0.2, 0.25) is 0 Å². The van der Waals surface area contributed by atoms with Crippen LogP contribution in [0.1, 0.15) is 42.1 Å². The number of anilines is 1. The molecule has 1 atom stereocenters. The second-order valence-corrected chi connectivity index (χ2v) is 7.28. The minimum absolute atomic E-state index is 0.162. The van der Waals surface area contributed by atoms with Gasteiger partial charge in [-0.25, -0.2) is 19.6 Å². The Morgan fingerprint density at radius 1 is 1.26 bits per heavy atom. The van der Waals surface area contributed by atoms with Crippen molar-refractivity contribution < 1.29 is 0 Å². The molecule has 3 aromatic rings. The second-order valence-electron chi connectivity index (χ2n) is 6.08. The van der Waals surface area contributed by atoms with E-state index in [1.807, 2.05) is 4.68 Å². The van der Waals surface area contributed by atoms with E-state index in [2.05, 4.69) is 46.1 Å². The summed E-state index contributed by atoms with van der Waals surface area (Å²) in [5.74, 6) is 2.53. The Morgan fingerprint density at radius 3 is 2.83 bits per heavy atom. The van der Waals surface area contributed by atoms with Crippen molar-refractivity contribution >= 4 is 27.4 Å². The fourth-order valence-electron chi connectivity index (χ4n) is 3.02. The second kappa shape index (κ2) is 5.56. The summed E-state index contributed by atoms with van der Waals surface area (Å²) in [4.78, 5) is 15.8. The summed E-state index contributed by atoms with van der Waals surface area (Å²) >= 11 is 1.72. The van der Waals surface area contributed by atoms with Crippen molar-refractivity contribution in [3.05, 3.63) is 28.9 Å². The summed E-state index contributed by atoms with van der Waals surface area (Å²) in [5.41, 5.74) is 1.26. The van der Waals surface area contributed by atoms with Crippen molar-refractivity contribution in [1.82, 2.24) is 24.7 Å². The third kappa shape index (κ3) is 2.49. The zero-order valence-electron chi connectivity index (χ0n) is 13.6. The van der Waals surface area contributed by atoms with Gasteiger partial charge in [-0.1, -0.05) is 0 Å². The molecule has 1 N–H and O–H groups in total. The Morgan fingerprint density at radius 2 is 2.09 bits per heavy atom. The summed E-state index contributed by atoms with van der Waals surface area (Å²) in [6, 6.07) is 0.162. The van der Waals surface area contributed by atoms with Crippen molar-refractivity contribution in [2.24, 2.45) is 5.92 Å². The van der Waals surface area contributed by atoms with Crippen LogP contribution in [-0.2, 0) is 6.54 Å². The maximum Gasteiger partial charge on any atom is 0.149 e. The molecule has 0 unspecified atom stereocenters. The number of aryl methyl sites for hydroxylation is 3. The van der Waals surface area contributed by atoms with E-state index >= 15 is 0 Å². The number of aromatic nitrogens is 5. The molecule has 0 bridgehead atoms. The minimum Gasteiger partial charge on any atom is -0.359 e. The molecule has 3 aromatic heterocycles. The highest BCUT2D eigenvalue weighted by Gasteiger charge is 2.36. The Labute approximate surface area is 139 Å². The monoisotopic (exact) mass is 328 g/mol. The maximum absolute atomic E-state index is 4.52. The third-order valence-electron chi connectivity index (χ3n) is 4.57. The van der Waals surface area contributed by atoms with E-state index in [0.29, 0.717) is 5.92 Å². The van der Waals surface area contributed by atoms with E-state index in [9.17, 15) is 0 Å². The molecule has 0 amide bonds. The van der Waals surface area contributed by atoms with Crippen LogP contribution in [0.25, 0.3) is 10.2 Å². The largest absolute Gasteiger partial charge is 0.359 e. The molecule has 23 heavy (non-hydrogen) atoms. The van der Waals surface area contributed by atoms with E-state index in [-0.39, 0.29) is 6.04 Å². The summed E-state index contributed by atoms with van der Waals surface area (Å²) in [6.45, 7) is 7.20. The van der Waals surface area contributed by atoms with Crippen molar-refractivity contribution in [2.45, 2.75) is 46.2 Å². The zero-order valence-corrected chi connectivity index (χ0v) is 14.4. The predicted molar refractivity (Wildman–Crippen MR) is 91.7 cm³/mol. The molecular weight excluding hydrogens is 308 g/mol. The highest BCUT2D eigenvalue weighted by molar-refractivity contribution is 7.18. The van der Waals surface area contributed by atoms with E-state index < -0.39 is 0 Å². The Kier molecular flexibility index (Phi) is 3.52.